The normalized spacial score (nSPS) is 10.5. The molecule has 0 saturated carbocycles. The average Bonchev–Trinajstić information content (AvgIpc) is 3.15. The molecule has 0 aliphatic carbocycles. The molecule has 0 bridgehead atoms. The highest BCUT2D eigenvalue weighted by molar-refractivity contribution is 9.10. The molecule has 0 radical (unpaired) electrons. The van der Waals surface area contributed by atoms with Gasteiger partial charge in [-0.15, -0.1) is 0 Å². The van der Waals surface area contributed by atoms with Gasteiger partial charge in [0.25, 0.3) is 5.91 Å². The first-order chi connectivity index (χ1) is 10.2. The highest BCUT2D eigenvalue weighted by Gasteiger charge is 2.09. The molecule has 21 heavy (non-hydrogen) atoms. The number of furan rings is 2. The lowest BCUT2D eigenvalue weighted by Crippen LogP contribution is -2.22. The molecule has 1 amide bonds. The van der Waals surface area contributed by atoms with E-state index in [1.165, 1.54) is 0 Å². The predicted octanol–water partition coefficient (Wildman–Crippen LogP) is 4.23. The average molecular weight is 346 g/mol. The molecule has 3 rings (SSSR count). The van der Waals surface area contributed by atoms with E-state index in [4.69, 9.17) is 8.83 Å². The van der Waals surface area contributed by atoms with Crippen molar-refractivity contribution in [2.24, 2.45) is 0 Å². The minimum atomic E-state index is -0.141. The maximum atomic E-state index is 12.0. The van der Waals surface area contributed by atoms with Crippen LogP contribution >= 0.6 is 15.9 Å². The van der Waals surface area contributed by atoms with Crippen molar-refractivity contribution in [3.05, 3.63) is 70.8 Å². The topological polar surface area (TPSA) is 55.4 Å². The first-order valence-corrected chi connectivity index (χ1v) is 7.17. The molecule has 0 spiro atoms. The second-order valence-corrected chi connectivity index (χ2v) is 5.39. The van der Waals surface area contributed by atoms with Gasteiger partial charge in [-0.1, -0.05) is 22.0 Å². The maximum Gasteiger partial charge on any atom is 0.251 e. The largest absolute Gasteiger partial charge is 0.472 e. The van der Waals surface area contributed by atoms with E-state index in [0.29, 0.717) is 17.9 Å². The number of benzene rings is 1. The van der Waals surface area contributed by atoms with Gasteiger partial charge >= 0.3 is 0 Å². The Morgan fingerprint density at radius 1 is 1.19 bits per heavy atom. The summed E-state index contributed by atoms with van der Waals surface area (Å²) in [7, 11) is 0. The fourth-order valence-electron chi connectivity index (χ4n) is 1.93. The number of hydrogen-bond acceptors (Lipinski definition) is 3. The number of hydrogen-bond donors (Lipinski definition) is 1. The lowest BCUT2D eigenvalue weighted by molar-refractivity contribution is 0.0948. The van der Waals surface area contributed by atoms with Crippen molar-refractivity contribution in [3.8, 4) is 11.3 Å². The van der Waals surface area contributed by atoms with Gasteiger partial charge in [0.15, 0.2) is 0 Å². The standard InChI is InChI=1S/C16H12BrNO3/c17-13-3-1-2-11(8-13)16(19)18-9-14-4-5-15(21-14)12-6-7-20-10-12/h1-8,10H,9H2,(H,18,19). The summed E-state index contributed by atoms with van der Waals surface area (Å²) in [6.45, 7) is 0.337. The minimum Gasteiger partial charge on any atom is -0.472 e. The highest BCUT2D eigenvalue weighted by Crippen LogP contribution is 2.22. The molecule has 0 unspecified atom stereocenters. The van der Waals surface area contributed by atoms with Crippen LogP contribution in [0.2, 0.25) is 0 Å². The smallest absolute Gasteiger partial charge is 0.251 e. The molecule has 2 aromatic heterocycles. The van der Waals surface area contributed by atoms with Crippen molar-refractivity contribution in [3.63, 3.8) is 0 Å². The van der Waals surface area contributed by atoms with Crippen LogP contribution in [-0.4, -0.2) is 5.91 Å². The van der Waals surface area contributed by atoms with Crippen LogP contribution < -0.4 is 5.32 Å². The summed E-state index contributed by atoms with van der Waals surface area (Å²) >= 11 is 3.34. The van der Waals surface area contributed by atoms with Gasteiger partial charge in [0.2, 0.25) is 0 Å². The Labute approximate surface area is 129 Å². The molecule has 0 atom stereocenters. The summed E-state index contributed by atoms with van der Waals surface area (Å²) < 4.78 is 11.5. The number of rotatable bonds is 4. The van der Waals surface area contributed by atoms with Gasteiger partial charge in [-0.3, -0.25) is 4.79 Å². The Morgan fingerprint density at radius 2 is 2.10 bits per heavy atom. The number of carbonyl (C=O) groups excluding carboxylic acids is 1. The second-order valence-electron chi connectivity index (χ2n) is 4.47. The molecule has 0 saturated heterocycles. The van der Waals surface area contributed by atoms with Crippen molar-refractivity contribution < 1.29 is 13.6 Å². The first-order valence-electron chi connectivity index (χ1n) is 6.37. The molecule has 0 aliphatic rings. The van der Waals surface area contributed by atoms with E-state index in [9.17, 15) is 4.79 Å². The van der Waals surface area contributed by atoms with E-state index >= 15 is 0 Å². The Balaban J connectivity index is 1.64. The molecule has 5 heteroatoms. The maximum absolute atomic E-state index is 12.0. The monoisotopic (exact) mass is 345 g/mol. The van der Waals surface area contributed by atoms with Crippen LogP contribution in [0, 0.1) is 0 Å². The van der Waals surface area contributed by atoms with E-state index in [-0.39, 0.29) is 5.91 Å². The van der Waals surface area contributed by atoms with Crippen molar-refractivity contribution in [1.29, 1.82) is 0 Å². The number of amides is 1. The van der Waals surface area contributed by atoms with Gasteiger partial charge in [0.1, 0.15) is 17.8 Å². The molecule has 2 heterocycles. The molecule has 4 nitrogen and oxygen atoms in total. The van der Waals surface area contributed by atoms with E-state index in [1.807, 2.05) is 30.3 Å². The summed E-state index contributed by atoms with van der Waals surface area (Å²) in [4.78, 5) is 12.0. The molecule has 0 fully saturated rings. The number of halogens is 1. The summed E-state index contributed by atoms with van der Waals surface area (Å²) in [5.41, 5.74) is 1.48. The lowest BCUT2D eigenvalue weighted by Gasteiger charge is -2.03. The Hall–Kier alpha value is -2.27. The van der Waals surface area contributed by atoms with Crippen LogP contribution in [0.3, 0.4) is 0 Å². The molecular weight excluding hydrogens is 334 g/mol. The molecule has 106 valence electrons. The molecule has 1 N–H and O–H groups in total. The fourth-order valence-corrected chi connectivity index (χ4v) is 2.33. The summed E-state index contributed by atoms with van der Waals surface area (Å²) in [5, 5.41) is 2.82. The van der Waals surface area contributed by atoms with E-state index in [0.717, 1.165) is 15.8 Å². The predicted molar refractivity (Wildman–Crippen MR) is 81.7 cm³/mol. The van der Waals surface area contributed by atoms with Crippen LogP contribution in [0.15, 0.2) is 68.3 Å². The molecular formula is C16H12BrNO3. The minimum absolute atomic E-state index is 0.141. The van der Waals surface area contributed by atoms with Gasteiger partial charge in [0, 0.05) is 10.0 Å². The van der Waals surface area contributed by atoms with Crippen LogP contribution in [0.4, 0.5) is 0 Å². The van der Waals surface area contributed by atoms with Gasteiger partial charge in [-0.05, 0) is 36.4 Å². The third-order valence-electron chi connectivity index (χ3n) is 2.98. The number of carbonyl (C=O) groups is 1. The zero-order valence-corrected chi connectivity index (χ0v) is 12.6. The summed E-state index contributed by atoms with van der Waals surface area (Å²) in [6, 6.07) is 12.7. The van der Waals surface area contributed by atoms with E-state index < -0.39 is 0 Å². The van der Waals surface area contributed by atoms with Crippen LogP contribution in [0.5, 0.6) is 0 Å². The molecule has 3 aromatic rings. The van der Waals surface area contributed by atoms with Crippen molar-refractivity contribution in [1.82, 2.24) is 5.32 Å². The zero-order chi connectivity index (χ0) is 14.7. The van der Waals surface area contributed by atoms with E-state index in [1.54, 1.807) is 24.7 Å². The summed E-state index contributed by atoms with van der Waals surface area (Å²) in [5.74, 6) is 1.27. The fraction of sp³-hybridized carbons (Fsp3) is 0.0625. The summed E-state index contributed by atoms with van der Waals surface area (Å²) in [6.07, 6.45) is 3.20. The van der Waals surface area contributed by atoms with Gasteiger partial charge < -0.3 is 14.2 Å². The van der Waals surface area contributed by atoms with Crippen LogP contribution in [-0.2, 0) is 6.54 Å². The lowest BCUT2D eigenvalue weighted by atomic mass is 10.2. The third-order valence-corrected chi connectivity index (χ3v) is 3.47. The highest BCUT2D eigenvalue weighted by atomic mass is 79.9. The Bertz CT molecular complexity index is 746. The van der Waals surface area contributed by atoms with Crippen molar-refractivity contribution in [2.45, 2.75) is 6.54 Å². The van der Waals surface area contributed by atoms with Crippen LogP contribution in [0.25, 0.3) is 11.3 Å². The van der Waals surface area contributed by atoms with Crippen LogP contribution in [0.1, 0.15) is 16.1 Å². The Kier molecular flexibility index (Phi) is 3.92. The zero-order valence-electron chi connectivity index (χ0n) is 11.0. The van der Waals surface area contributed by atoms with Crippen molar-refractivity contribution >= 4 is 21.8 Å². The molecule has 0 aliphatic heterocycles. The van der Waals surface area contributed by atoms with Gasteiger partial charge in [-0.2, -0.15) is 0 Å². The Morgan fingerprint density at radius 3 is 2.86 bits per heavy atom. The third kappa shape index (κ3) is 3.25. The van der Waals surface area contributed by atoms with Gasteiger partial charge in [0.05, 0.1) is 18.4 Å². The first kappa shape index (κ1) is 13.7. The van der Waals surface area contributed by atoms with Crippen molar-refractivity contribution in [2.75, 3.05) is 0 Å². The van der Waals surface area contributed by atoms with Gasteiger partial charge in [-0.25, -0.2) is 0 Å². The SMILES string of the molecule is O=C(NCc1ccc(-c2ccoc2)o1)c1cccc(Br)c1. The van der Waals surface area contributed by atoms with E-state index in [2.05, 4.69) is 21.2 Å². The second kappa shape index (κ2) is 6.01. The quantitative estimate of drug-likeness (QED) is 0.769. The number of nitrogens with one attached hydrogen (secondary N) is 1. The molecule has 1 aromatic carbocycles.